The van der Waals surface area contributed by atoms with Crippen LogP contribution in [0.25, 0.3) is 0 Å². The van der Waals surface area contributed by atoms with E-state index in [0.29, 0.717) is 6.42 Å². The number of benzene rings is 1. The van der Waals surface area contributed by atoms with Gasteiger partial charge in [0.2, 0.25) is 0 Å². The summed E-state index contributed by atoms with van der Waals surface area (Å²) in [4.78, 5) is 11.1. The van der Waals surface area contributed by atoms with Crippen molar-refractivity contribution < 1.29 is 14.3 Å². The molecule has 0 aliphatic rings. The van der Waals surface area contributed by atoms with E-state index in [4.69, 9.17) is 10.4 Å². The number of nitriles is 1. The lowest BCUT2D eigenvalue weighted by Crippen LogP contribution is -2.15. The summed E-state index contributed by atoms with van der Waals surface area (Å²) in [5.41, 5.74) is 0.190. The lowest BCUT2D eigenvalue weighted by molar-refractivity contribution is -0.136. The molecule has 0 aliphatic heterocycles. The van der Waals surface area contributed by atoms with Crippen LogP contribution in [0.15, 0.2) is 21.5 Å². The summed E-state index contributed by atoms with van der Waals surface area (Å²) in [6.07, 6.45) is 0.400. The van der Waals surface area contributed by atoms with Crippen LogP contribution in [0.4, 0.5) is 4.39 Å². The molecule has 1 atom stereocenters. The Morgan fingerprint density at radius 2 is 2.35 bits per heavy atom. The maximum Gasteiger partial charge on any atom is 0.316 e. The standard InChI is InChI=1S/C11H9BrFNO2S/c1-2-7(11(15)16)17-8-4-3-6(5-14)9(12)10(8)13/h3-4,7H,2H2,1H3,(H,15,16). The molecule has 6 heteroatoms. The minimum Gasteiger partial charge on any atom is -0.480 e. The van der Waals surface area contributed by atoms with E-state index in [2.05, 4.69) is 15.9 Å². The second-order valence-corrected chi connectivity index (χ2v) is 5.24. The fourth-order valence-electron chi connectivity index (χ4n) is 1.17. The lowest BCUT2D eigenvalue weighted by atomic mass is 10.2. The van der Waals surface area contributed by atoms with E-state index in [9.17, 15) is 9.18 Å². The van der Waals surface area contributed by atoms with Gasteiger partial charge < -0.3 is 5.11 Å². The highest BCUT2D eigenvalue weighted by atomic mass is 79.9. The van der Waals surface area contributed by atoms with Crippen molar-refractivity contribution in [2.45, 2.75) is 23.5 Å². The molecule has 1 unspecified atom stereocenters. The van der Waals surface area contributed by atoms with Gasteiger partial charge in [-0.25, -0.2) is 4.39 Å². The predicted octanol–water partition coefficient (Wildman–Crippen LogP) is 3.42. The Balaban J connectivity index is 3.05. The molecular weight excluding hydrogens is 309 g/mol. The number of carboxylic acid groups (broad SMARTS) is 1. The van der Waals surface area contributed by atoms with Crippen LogP contribution < -0.4 is 0 Å². The fourth-order valence-corrected chi connectivity index (χ4v) is 2.66. The Bertz CT molecular complexity index is 487. The number of aliphatic carboxylic acids is 1. The first kappa shape index (κ1) is 14.0. The van der Waals surface area contributed by atoms with E-state index in [-0.39, 0.29) is 14.9 Å². The van der Waals surface area contributed by atoms with Gasteiger partial charge in [0, 0.05) is 4.90 Å². The summed E-state index contributed by atoms with van der Waals surface area (Å²) in [6, 6.07) is 4.73. The minimum absolute atomic E-state index is 0.0743. The number of hydrogen-bond acceptors (Lipinski definition) is 3. The molecule has 1 rings (SSSR count). The summed E-state index contributed by atoms with van der Waals surface area (Å²) in [5, 5.41) is 16.9. The third-order valence-electron chi connectivity index (χ3n) is 2.08. The van der Waals surface area contributed by atoms with Gasteiger partial charge in [-0.3, -0.25) is 4.79 Å². The average molecular weight is 318 g/mol. The van der Waals surface area contributed by atoms with Gasteiger partial charge in [-0.05, 0) is 34.5 Å². The summed E-state index contributed by atoms with van der Waals surface area (Å²) in [6.45, 7) is 1.72. The Morgan fingerprint density at radius 3 is 2.82 bits per heavy atom. The zero-order valence-corrected chi connectivity index (χ0v) is 11.3. The second-order valence-electron chi connectivity index (χ2n) is 3.20. The average Bonchev–Trinajstić information content (AvgIpc) is 2.30. The number of rotatable bonds is 4. The van der Waals surface area contributed by atoms with Crippen LogP contribution >= 0.6 is 27.7 Å². The molecule has 0 spiro atoms. The van der Waals surface area contributed by atoms with E-state index < -0.39 is 17.0 Å². The third kappa shape index (κ3) is 3.20. The van der Waals surface area contributed by atoms with Crippen molar-refractivity contribution >= 4 is 33.7 Å². The van der Waals surface area contributed by atoms with Crippen molar-refractivity contribution in [3.05, 3.63) is 28.0 Å². The maximum absolute atomic E-state index is 13.8. The zero-order chi connectivity index (χ0) is 13.0. The van der Waals surface area contributed by atoms with Crippen LogP contribution in [-0.4, -0.2) is 16.3 Å². The summed E-state index contributed by atoms with van der Waals surface area (Å²) in [5.74, 6) is -1.56. The lowest BCUT2D eigenvalue weighted by Gasteiger charge is -2.11. The molecule has 0 radical (unpaired) electrons. The first-order chi connectivity index (χ1) is 8.01. The SMILES string of the molecule is CCC(Sc1ccc(C#N)c(Br)c1F)C(=O)O. The Kier molecular flexibility index (Phi) is 4.97. The van der Waals surface area contributed by atoms with Gasteiger partial charge in [-0.15, -0.1) is 11.8 Å². The van der Waals surface area contributed by atoms with Gasteiger partial charge in [-0.2, -0.15) is 5.26 Å². The predicted molar refractivity (Wildman–Crippen MR) is 66.4 cm³/mol. The molecule has 90 valence electrons. The highest BCUT2D eigenvalue weighted by Gasteiger charge is 2.20. The van der Waals surface area contributed by atoms with Crippen molar-refractivity contribution in [2.75, 3.05) is 0 Å². The van der Waals surface area contributed by atoms with Gasteiger partial charge in [0.15, 0.2) is 5.82 Å². The Hall–Kier alpha value is -1.06. The first-order valence-electron chi connectivity index (χ1n) is 4.78. The largest absolute Gasteiger partial charge is 0.480 e. The number of hydrogen-bond donors (Lipinski definition) is 1. The monoisotopic (exact) mass is 317 g/mol. The highest BCUT2D eigenvalue weighted by molar-refractivity contribution is 9.10. The first-order valence-corrected chi connectivity index (χ1v) is 6.46. The van der Waals surface area contributed by atoms with Crippen LogP contribution in [0.1, 0.15) is 18.9 Å². The fraction of sp³-hybridized carbons (Fsp3) is 0.273. The quantitative estimate of drug-likeness (QED) is 0.864. The van der Waals surface area contributed by atoms with E-state index in [0.717, 1.165) is 11.8 Å². The number of carbonyl (C=O) groups is 1. The molecule has 0 aliphatic carbocycles. The molecule has 1 aromatic carbocycles. The molecule has 0 heterocycles. The van der Waals surface area contributed by atoms with Crippen molar-refractivity contribution in [1.82, 2.24) is 0 Å². The molecule has 17 heavy (non-hydrogen) atoms. The van der Waals surface area contributed by atoms with Gasteiger partial charge in [0.1, 0.15) is 11.3 Å². The molecule has 0 saturated heterocycles. The normalized spacial score (nSPS) is 11.9. The molecule has 0 bridgehead atoms. The Labute approximate surface area is 111 Å². The summed E-state index contributed by atoms with van der Waals surface area (Å²) in [7, 11) is 0. The molecule has 0 saturated carbocycles. The van der Waals surface area contributed by atoms with E-state index in [1.54, 1.807) is 6.92 Å². The summed E-state index contributed by atoms with van der Waals surface area (Å²) < 4.78 is 13.9. The topological polar surface area (TPSA) is 61.1 Å². The zero-order valence-electron chi connectivity index (χ0n) is 8.91. The number of nitrogens with zero attached hydrogens (tertiary/aromatic N) is 1. The van der Waals surface area contributed by atoms with Crippen LogP contribution in [0.3, 0.4) is 0 Å². The molecule has 3 nitrogen and oxygen atoms in total. The molecular formula is C11H9BrFNO2S. The van der Waals surface area contributed by atoms with E-state index in [1.165, 1.54) is 12.1 Å². The highest BCUT2D eigenvalue weighted by Crippen LogP contribution is 2.33. The molecule has 1 N–H and O–H groups in total. The van der Waals surface area contributed by atoms with E-state index in [1.807, 2.05) is 6.07 Å². The Morgan fingerprint density at radius 1 is 1.71 bits per heavy atom. The van der Waals surface area contributed by atoms with Gasteiger partial charge in [0.25, 0.3) is 0 Å². The number of halogens is 2. The van der Waals surface area contributed by atoms with Gasteiger partial charge in [-0.1, -0.05) is 6.92 Å². The van der Waals surface area contributed by atoms with Crippen LogP contribution in [0.2, 0.25) is 0 Å². The second kappa shape index (κ2) is 6.03. The minimum atomic E-state index is -0.975. The van der Waals surface area contributed by atoms with Crippen molar-refractivity contribution in [2.24, 2.45) is 0 Å². The molecule has 0 fully saturated rings. The van der Waals surface area contributed by atoms with Gasteiger partial charge in [0.05, 0.1) is 10.0 Å². The van der Waals surface area contributed by atoms with Crippen molar-refractivity contribution in [3.63, 3.8) is 0 Å². The molecule has 1 aromatic rings. The van der Waals surface area contributed by atoms with Crippen LogP contribution in [0, 0.1) is 17.1 Å². The van der Waals surface area contributed by atoms with Gasteiger partial charge >= 0.3 is 5.97 Å². The van der Waals surface area contributed by atoms with Crippen molar-refractivity contribution in [3.8, 4) is 6.07 Å². The maximum atomic E-state index is 13.8. The smallest absolute Gasteiger partial charge is 0.316 e. The van der Waals surface area contributed by atoms with Crippen LogP contribution in [-0.2, 0) is 4.79 Å². The third-order valence-corrected chi connectivity index (χ3v) is 4.25. The number of carboxylic acids is 1. The van der Waals surface area contributed by atoms with Crippen LogP contribution in [0.5, 0.6) is 0 Å². The molecule has 0 aromatic heterocycles. The summed E-state index contributed by atoms with van der Waals surface area (Å²) >= 11 is 3.92. The molecule has 0 amide bonds. The number of thioether (sulfide) groups is 1. The van der Waals surface area contributed by atoms with E-state index >= 15 is 0 Å². The van der Waals surface area contributed by atoms with Crippen molar-refractivity contribution in [1.29, 1.82) is 5.26 Å².